The maximum absolute atomic E-state index is 13.6. The highest BCUT2D eigenvalue weighted by molar-refractivity contribution is 5.47. The molecule has 0 aromatic carbocycles. The second kappa shape index (κ2) is 7.99. The van der Waals surface area contributed by atoms with E-state index in [0.29, 0.717) is 19.1 Å². The van der Waals surface area contributed by atoms with Crippen LogP contribution < -0.4 is 10.6 Å². The molecule has 4 nitrogen and oxygen atoms in total. The van der Waals surface area contributed by atoms with Crippen LogP contribution in [0.2, 0.25) is 0 Å². The van der Waals surface area contributed by atoms with Crippen LogP contribution in [0.1, 0.15) is 27.2 Å². The van der Waals surface area contributed by atoms with Crippen molar-refractivity contribution in [3.63, 3.8) is 0 Å². The van der Waals surface area contributed by atoms with Crippen LogP contribution in [0, 0.1) is 11.6 Å². The molecule has 0 fully saturated rings. The van der Waals surface area contributed by atoms with E-state index >= 15 is 0 Å². The van der Waals surface area contributed by atoms with Crippen molar-refractivity contribution in [1.82, 2.24) is 9.88 Å². The Balaban J connectivity index is 2.53. The summed E-state index contributed by atoms with van der Waals surface area (Å²) in [7, 11) is 2.05. The monoisotopic (exact) mass is 286 g/mol. The number of pyridine rings is 1. The number of hydrogen-bond acceptors (Lipinski definition) is 4. The highest BCUT2D eigenvalue weighted by Crippen LogP contribution is 2.18. The van der Waals surface area contributed by atoms with Crippen molar-refractivity contribution in [2.75, 3.05) is 37.3 Å². The third-order valence-electron chi connectivity index (χ3n) is 3.14. The Labute approximate surface area is 119 Å². The van der Waals surface area contributed by atoms with Crippen LogP contribution in [0.15, 0.2) is 6.07 Å². The molecular weight excluding hydrogens is 262 g/mol. The first kappa shape index (κ1) is 16.6. The van der Waals surface area contributed by atoms with E-state index in [1.165, 1.54) is 0 Å². The van der Waals surface area contributed by atoms with Gasteiger partial charge < -0.3 is 15.5 Å². The van der Waals surface area contributed by atoms with E-state index in [2.05, 4.69) is 34.4 Å². The van der Waals surface area contributed by atoms with Crippen LogP contribution in [-0.2, 0) is 0 Å². The van der Waals surface area contributed by atoms with Crippen molar-refractivity contribution in [2.45, 2.75) is 33.2 Å². The predicted octanol–water partition coefficient (Wildman–Crippen LogP) is 2.93. The van der Waals surface area contributed by atoms with Gasteiger partial charge in [-0.15, -0.1) is 0 Å². The lowest BCUT2D eigenvalue weighted by molar-refractivity contribution is 0.273. The minimum atomic E-state index is -0.672. The summed E-state index contributed by atoms with van der Waals surface area (Å²) in [5, 5.41) is 5.68. The second-order valence-corrected chi connectivity index (χ2v) is 5.03. The zero-order valence-electron chi connectivity index (χ0n) is 12.6. The van der Waals surface area contributed by atoms with Crippen LogP contribution in [0.5, 0.6) is 0 Å². The second-order valence-electron chi connectivity index (χ2n) is 5.03. The zero-order valence-corrected chi connectivity index (χ0v) is 12.6. The first-order chi connectivity index (χ1) is 9.45. The minimum absolute atomic E-state index is 0.0794. The maximum Gasteiger partial charge on any atom is 0.168 e. The summed E-state index contributed by atoms with van der Waals surface area (Å²) in [6.45, 7) is 8.12. The fourth-order valence-electron chi connectivity index (χ4n) is 1.68. The van der Waals surface area contributed by atoms with Gasteiger partial charge in [-0.25, -0.2) is 13.8 Å². The number of nitrogens with one attached hydrogen (secondary N) is 2. The lowest BCUT2D eigenvalue weighted by Crippen LogP contribution is -2.28. The average molecular weight is 286 g/mol. The Morgan fingerprint density at radius 2 is 1.80 bits per heavy atom. The van der Waals surface area contributed by atoms with Crippen molar-refractivity contribution < 1.29 is 8.78 Å². The molecule has 1 rings (SSSR count). The molecule has 0 spiro atoms. The lowest BCUT2D eigenvalue weighted by atomic mass is 10.3. The molecule has 0 radical (unpaired) electrons. The summed E-state index contributed by atoms with van der Waals surface area (Å²) >= 11 is 0. The molecule has 0 unspecified atom stereocenters. The normalized spacial score (nSPS) is 11.2. The smallest absolute Gasteiger partial charge is 0.168 e. The number of rotatable bonds is 8. The molecule has 0 amide bonds. The van der Waals surface area contributed by atoms with E-state index in [-0.39, 0.29) is 11.6 Å². The van der Waals surface area contributed by atoms with E-state index < -0.39 is 11.6 Å². The van der Waals surface area contributed by atoms with Gasteiger partial charge in [0.15, 0.2) is 23.3 Å². The molecular formula is C14H24F2N4. The maximum atomic E-state index is 13.6. The summed E-state index contributed by atoms with van der Waals surface area (Å²) in [5.74, 6) is -1.17. The molecule has 0 aliphatic carbocycles. The Bertz CT molecular complexity index is 424. The molecule has 1 aromatic rings. The molecule has 0 saturated carbocycles. The highest BCUT2D eigenvalue weighted by Gasteiger charge is 2.11. The van der Waals surface area contributed by atoms with Gasteiger partial charge in [0.25, 0.3) is 0 Å². The van der Waals surface area contributed by atoms with Crippen molar-refractivity contribution in [2.24, 2.45) is 0 Å². The molecule has 0 bridgehead atoms. The quantitative estimate of drug-likeness (QED) is 0.721. The fourth-order valence-corrected chi connectivity index (χ4v) is 1.68. The van der Waals surface area contributed by atoms with Crippen molar-refractivity contribution in [3.8, 4) is 0 Å². The van der Waals surface area contributed by atoms with Crippen LogP contribution in [0.3, 0.4) is 0 Å². The summed E-state index contributed by atoms with van der Waals surface area (Å²) in [4.78, 5) is 6.14. The Hall–Kier alpha value is -1.43. The van der Waals surface area contributed by atoms with Crippen molar-refractivity contribution in [3.05, 3.63) is 17.7 Å². The number of nitrogens with zero attached hydrogens (tertiary/aromatic N) is 2. The molecule has 1 heterocycles. The molecule has 1 aromatic heterocycles. The summed E-state index contributed by atoms with van der Waals surface area (Å²) in [5.41, 5.74) is 0. The zero-order chi connectivity index (χ0) is 15.1. The predicted molar refractivity (Wildman–Crippen MR) is 79.2 cm³/mol. The molecule has 114 valence electrons. The van der Waals surface area contributed by atoms with Crippen molar-refractivity contribution in [1.29, 1.82) is 0 Å². The van der Waals surface area contributed by atoms with E-state index in [0.717, 1.165) is 19.0 Å². The minimum Gasteiger partial charge on any atom is -0.368 e. The third-order valence-corrected chi connectivity index (χ3v) is 3.14. The fraction of sp³-hybridized carbons (Fsp3) is 0.643. The van der Waals surface area contributed by atoms with Crippen LogP contribution in [0.25, 0.3) is 0 Å². The Morgan fingerprint density at radius 3 is 2.35 bits per heavy atom. The molecule has 0 atom stereocenters. The lowest BCUT2D eigenvalue weighted by Gasteiger charge is -2.20. The Kier molecular flexibility index (Phi) is 6.64. The first-order valence-electron chi connectivity index (χ1n) is 6.99. The molecule has 0 aliphatic heterocycles. The van der Waals surface area contributed by atoms with Gasteiger partial charge in [0, 0.05) is 25.2 Å². The third kappa shape index (κ3) is 4.92. The van der Waals surface area contributed by atoms with Crippen LogP contribution >= 0.6 is 0 Å². The van der Waals surface area contributed by atoms with Gasteiger partial charge in [-0.05, 0) is 40.8 Å². The average Bonchev–Trinajstić information content (AvgIpc) is 2.39. The van der Waals surface area contributed by atoms with Gasteiger partial charge in [-0.3, -0.25) is 0 Å². The Morgan fingerprint density at radius 1 is 1.20 bits per heavy atom. The van der Waals surface area contributed by atoms with E-state index in [1.807, 2.05) is 14.0 Å². The standard InChI is InChI=1S/C14H24F2N4/c1-5-17-13-11(15)9-12(16)14(19-13)18-7-6-8-20(4)10(2)3/h9-10H,5-8H2,1-4H3,(H2,17,18,19). The van der Waals surface area contributed by atoms with Gasteiger partial charge in [0.05, 0.1) is 0 Å². The van der Waals surface area contributed by atoms with Crippen LogP contribution in [-0.4, -0.2) is 42.6 Å². The number of aromatic nitrogens is 1. The number of halogens is 2. The van der Waals surface area contributed by atoms with Gasteiger partial charge in [-0.1, -0.05) is 0 Å². The summed E-state index contributed by atoms with van der Waals surface area (Å²) in [6.07, 6.45) is 0.865. The molecule has 0 aliphatic rings. The van der Waals surface area contributed by atoms with Gasteiger partial charge >= 0.3 is 0 Å². The first-order valence-corrected chi connectivity index (χ1v) is 6.99. The topological polar surface area (TPSA) is 40.2 Å². The van der Waals surface area contributed by atoms with Crippen molar-refractivity contribution >= 4 is 11.6 Å². The summed E-state index contributed by atoms with van der Waals surface area (Å²) < 4.78 is 27.0. The number of anilines is 2. The molecule has 2 N–H and O–H groups in total. The van der Waals surface area contributed by atoms with E-state index in [1.54, 1.807) is 0 Å². The SMILES string of the molecule is CCNc1nc(NCCCN(C)C(C)C)c(F)cc1F. The van der Waals surface area contributed by atoms with Gasteiger partial charge in [0.2, 0.25) is 0 Å². The molecule has 0 saturated heterocycles. The molecule has 6 heteroatoms. The van der Waals surface area contributed by atoms with E-state index in [4.69, 9.17) is 0 Å². The van der Waals surface area contributed by atoms with Crippen LogP contribution in [0.4, 0.5) is 20.4 Å². The van der Waals surface area contributed by atoms with Gasteiger partial charge in [0.1, 0.15) is 0 Å². The largest absolute Gasteiger partial charge is 0.368 e. The summed E-state index contributed by atoms with van der Waals surface area (Å²) in [6, 6.07) is 1.34. The number of hydrogen-bond donors (Lipinski definition) is 2. The highest BCUT2D eigenvalue weighted by atomic mass is 19.1. The molecule has 20 heavy (non-hydrogen) atoms. The van der Waals surface area contributed by atoms with E-state index in [9.17, 15) is 8.78 Å². The van der Waals surface area contributed by atoms with Gasteiger partial charge in [-0.2, -0.15) is 0 Å².